The molecule has 0 spiro atoms. The molecule has 2 heteroatoms. The quantitative estimate of drug-likeness (QED) is 0.177. The number of unbranched alkanes of at least 4 members (excludes halogenated alkanes) is 13. The van der Waals surface area contributed by atoms with Crippen molar-refractivity contribution in [1.29, 1.82) is 0 Å². The molecule has 0 heterocycles. The van der Waals surface area contributed by atoms with Crippen LogP contribution in [-0.2, 0) is 0 Å². The molecule has 2 nitrogen and oxygen atoms in total. The maximum Gasteiger partial charge on any atom is 0.00957 e. The van der Waals surface area contributed by atoms with Gasteiger partial charge in [0.25, 0.3) is 0 Å². The minimum atomic E-state index is 0.782. The predicted octanol–water partition coefficient (Wildman–Crippen LogP) is 8.09. The summed E-state index contributed by atoms with van der Waals surface area (Å²) in [5.74, 6) is 0. The van der Waals surface area contributed by atoms with Gasteiger partial charge in [-0.3, -0.25) is 0 Å². The predicted molar refractivity (Wildman–Crippen MR) is 129 cm³/mol. The third-order valence-corrected chi connectivity index (χ3v) is 6.25. The van der Waals surface area contributed by atoms with E-state index in [1.165, 1.54) is 135 Å². The van der Waals surface area contributed by atoms with Crippen molar-refractivity contribution in [2.24, 2.45) is 5.73 Å². The van der Waals surface area contributed by atoms with Crippen LogP contribution in [0.5, 0.6) is 0 Å². The smallest absolute Gasteiger partial charge is 0.00957 e. The fourth-order valence-corrected chi connectivity index (χ4v) is 4.28. The number of hydrogen-bond acceptors (Lipinski definition) is 2. The molecule has 0 radical (unpaired) electrons. The van der Waals surface area contributed by atoms with E-state index in [1.54, 1.807) is 0 Å². The molecule has 0 bridgehead atoms. The maximum absolute atomic E-state index is 5.83. The van der Waals surface area contributed by atoms with Gasteiger partial charge in [0.1, 0.15) is 0 Å². The van der Waals surface area contributed by atoms with Crippen molar-refractivity contribution in [2.75, 3.05) is 19.6 Å². The van der Waals surface area contributed by atoms with Crippen LogP contribution in [0.15, 0.2) is 0 Å². The zero-order valence-corrected chi connectivity index (χ0v) is 20.2. The Labute approximate surface area is 179 Å². The summed E-state index contributed by atoms with van der Waals surface area (Å²) in [6, 6.07) is 0.782. The van der Waals surface area contributed by atoms with Gasteiger partial charge in [0.2, 0.25) is 0 Å². The summed E-state index contributed by atoms with van der Waals surface area (Å²) in [5, 5.41) is 0. The van der Waals surface area contributed by atoms with Crippen molar-refractivity contribution in [3.63, 3.8) is 0 Å². The van der Waals surface area contributed by atoms with Crippen molar-refractivity contribution in [1.82, 2.24) is 4.90 Å². The third kappa shape index (κ3) is 18.0. The topological polar surface area (TPSA) is 29.3 Å². The molecular weight excluding hydrogens is 340 g/mol. The molecule has 0 aliphatic heterocycles. The molecule has 0 amide bonds. The van der Waals surface area contributed by atoms with Gasteiger partial charge in [0.05, 0.1) is 0 Å². The monoisotopic (exact) mass is 396 g/mol. The average molecular weight is 397 g/mol. The highest BCUT2D eigenvalue weighted by molar-refractivity contribution is 4.73. The van der Waals surface area contributed by atoms with E-state index in [0.717, 1.165) is 12.6 Å². The van der Waals surface area contributed by atoms with E-state index in [-0.39, 0.29) is 0 Å². The number of hydrogen-bond donors (Lipinski definition) is 1. The molecule has 0 rings (SSSR count). The average Bonchev–Trinajstić information content (AvgIpc) is 2.71. The lowest BCUT2D eigenvalue weighted by atomic mass is 9.99. The normalized spacial score (nSPS) is 12.8. The van der Waals surface area contributed by atoms with Crippen molar-refractivity contribution in [3.05, 3.63) is 0 Å². The first-order valence-electron chi connectivity index (χ1n) is 13.2. The molecule has 0 aliphatic rings. The van der Waals surface area contributed by atoms with Crippen LogP contribution >= 0.6 is 0 Å². The standard InChI is InChI=1S/C26H56N2/c1-4-7-10-11-12-13-14-15-16-17-18-19-21-26(22-20-23-27)28(24-8-5-2)25-9-6-3/h26H,4-25,27H2,1-3H3. The lowest BCUT2D eigenvalue weighted by molar-refractivity contribution is 0.167. The van der Waals surface area contributed by atoms with Gasteiger partial charge in [-0.1, -0.05) is 111 Å². The van der Waals surface area contributed by atoms with Crippen LogP contribution in [0.3, 0.4) is 0 Å². The van der Waals surface area contributed by atoms with E-state index in [2.05, 4.69) is 25.7 Å². The van der Waals surface area contributed by atoms with Gasteiger partial charge < -0.3 is 10.6 Å². The lowest BCUT2D eigenvalue weighted by Crippen LogP contribution is -2.37. The van der Waals surface area contributed by atoms with Crippen molar-refractivity contribution in [2.45, 2.75) is 149 Å². The highest BCUT2D eigenvalue weighted by atomic mass is 15.1. The Bertz CT molecular complexity index is 272. The van der Waals surface area contributed by atoms with Crippen LogP contribution in [0.25, 0.3) is 0 Å². The third-order valence-electron chi connectivity index (χ3n) is 6.25. The minimum absolute atomic E-state index is 0.782. The van der Waals surface area contributed by atoms with Crippen LogP contribution in [-0.4, -0.2) is 30.6 Å². The minimum Gasteiger partial charge on any atom is -0.330 e. The van der Waals surface area contributed by atoms with Gasteiger partial charge in [-0.15, -0.1) is 0 Å². The summed E-state index contributed by atoms with van der Waals surface area (Å²) in [5.41, 5.74) is 5.83. The van der Waals surface area contributed by atoms with Gasteiger partial charge in [-0.2, -0.15) is 0 Å². The molecule has 0 aromatic heterocycles. The molecule has 2 N–H and O–H groups in total. The zero-order chi connectivity index (χ0) is 20.7. The summed E-state index contributed by atoms with van der Waals surface area (Å²) in [6.07, 6.45) is 26.5. The first kappa shape index (κ1) is 27.9. The SMILES string of the molecule is CCCCCCCCCCCCCCC(CCCN)N(CCCC)CCCC. The molecule has 0 aromatic rings. The van der Waals surface area contributed by atoms with Gasteiger partial charge in [0, 0.05) is 6.04 Å². The molecule has 0 saturated carbocycles. The van der Waals surface area contributed by atoms with Gasteiger partial charge in [-0.25, -0.2) is 0 Å². The van der Waals surface area contributed by atoms with Crippen LogP contribution in [0.1, 0.15) is 143 Å². The van der Waals surface area contributed by atoms with Gasteiger partial charge in [0.15, 0.2) is 0 Å². The van der Waals surface area contributed by atoms with Crippen LogP contribution in [0.2, 0.25) is 0 Å². The zero-order valence-electron chi connectivity index (χ0n) is 20.2. The highest BCUT2D eigenvalue weighted by Crippen LogP contribution is 2.18. The Morgan fingerprint density at radius 2 is 0.893 bits per heavy atom. The molecular formula is C26H56N2. The second kappa shape index (κ2) is 23.2. The molecule has 0 aromatic carbocycles. The van der Waals surface area contributed by atoms with E-state index in [4.69, 9.17) is 5.73 Å². The fourth-order valence-electron chi connectivity index (χ4n) is 4.28. The first-order valence-corrected chi connectivity index (χ1v) is 13.2. The van der Waals surface area contributed by atoms with E-state index in [0.29, 0.717) is 0 Å². The van der Waals surface area contributed by atoms with Crippen LogP contribution < -0.4 is 5.73 Å². The Morgan fingerprint density at radius 1 is 0.500 bits per heavy atom. The Balaban J connectivity index is 3.88. The van der Waals surface area contributed by atoms with Crippen molar-refractivity contribution in [3.8, 4) is 0 Å². The van der Waals surface area contributed by atoms with Gasteiger partial charge >= 0.3 is 0 Å². The van der Waals surface area contributed by atoms with Gasteiger partial charge in [-0.05, 0) is 51.7 Å². The number of rotatable bonds is 23. The molecule has 0 aliphatic carbocycles. The summed E-state index contributed by atoms with van der Waals surface area (Å²) >= 11 is 0. The highest BCUT2D eigenvalue weighted by Gasteiger charge is 2.16. The molecule has 1 unspecified atom stereocenters. The number of nitrogens with zero attached hydrogens (tertiary/aromatic N) is 1. The largest absolute Gasteiger partial charge is 0.330 e. The van der Waals surface area contributed by atoms with Crippen molar-refractivity contribution < 1.29 is 0 Å². The summed E-state index contributed by atoms with van der Waals surface area (Å²) in [7, 11) is 0. The number of nitrogens with two attached hydrogens (primary N) is 1. The summed E-state index contributed by atoms with van der Waals surface area (Å²) < 4.78 is 0. The summed E-state index contributed by atoms with van der Waals surface area (Å²) in [4.78, 5) is 2.81. The molecule has 28 heavy (non-hydrogen) atoms. The molecule has 170 valence electrons. The Hall–Kier alpha value is -0.0800. The van der Waals surface area contributed by atoms with Crippen LogP contribution in [0, 0.1) is 0 Å². The van der Waals surface area contributed by atoms with E-state index in [9.17, 15) is 0 Å². The van der Waals surface area contributed by atoms with E-state index < -0.39 is 0 Å². The molecule has 0 saturated heterocycles. The Morgan fingerprint density at radius 3 is 1.32 bits per heavy atom. The first-order chi connectivity index (χ1) is 13.8. The van der Waals surface area contributed by atoms with Crippen molar-refractivity contribution >= 4 is 0 Å². The van der Waals surface area contributed by atoms with Crippen LogP contribution in [0.4, 0.5) is 0 Å². The molecule has 1 atom stereocenters. The molecule has 0 fully saturated rings. The lowest BCUT2D eigenvalue weighted by Gasteiger charge is -2.32. The van der Waals surface area contributed by atoms with E-state index >= 15 is 0 Å². The van der Waals surface area contributed by atoms with E-state index in [1.807, 2.05) is 0 Å². The second-order valence-electron chi connectivity index (χ2n) is 9.01. The Kier molecular flexibility index (Phi) is 23.1. The second-order valence-corrected chi connectivity index (χ2v) is 9.01. The maximum atomic E-state index is 5.83. The fraction of sp³-hybridized carbons (Fsp3) is 1.00. The summed E-state index contributed by atoms with van der Waals surface area (Å²) in [6.45, 7) is 10.4.